The van der Waals surface area contributed by atoms with Crippen molar-refractivity contribution in [2.75, 3.05) is 7.11 Å². The number of nitrogens with one attached hydrogen (secondary N) is 1. The second kappa shape index (κ2) is 6.74. The lowest BCUT2D eigenvalue weighted by Crippen LogP contribution is -2.27. The topological polar surface area (TPSA) is 43.6 Å². The molecule has 0 aromatic carbocycles. The van der Waals surface area contributed by atoms with Crippen molar-refractivity contribution in [2.24, 2.45) is 0 Å². The number of hydrogen-bond acceptors (Lipinski definition) is 4. The van der Waals surface area contributed by atoms with Crippen LogP contribution in [0.25, 0.3) is 0 Å². The first-order chi connectivity index (χ1) is 9.85. The van der Waals surface area contributed by atoms with E-state index in [0.717, 1.165) is 25.1 Å². The summed E-state index contributed by atoms with van der Waals surface area (Å²) in [6, 6.07) is 2.73. The minimum Gasteiger partial charge on any atom is -0.468 e. The Bertz CT molecular complexity index is 414. The average molecular weight is 279 g/mol. The van der Waals surface area contributed by atoms with E-state index in [1.807, 2.05) is 6.07 Å². The van der Waals surface area contributed by atoms with Gasteiger partial charge in [0.1, 0.15) is 5.76 Å². The molecule has 2 unspecified atom stereocenters. The number of furan rings is 1. The second-order valence-electron chi connectivity index (χ2n) is 5.98. The molecular formula is C16H25NO3. The molecule has 1 N–H and O–H groups in total. The Labute approximate surface area is 120 Å². The fourth-order valence-electron chi connectivity index (χ4n) is 2.85. The minimum absolute atomic E-state index is 0.327. The molecule has 112 valence electrons. The molecule has 0 radical (unpaired) electrons. The van der Waals surface area contributed by atoms with Gasteiger partial charge in [0.05, 0.1) is 31.6 Å². The minimum atomic E-state index is 0.327. The summed E-state index contributed by atoms with van der Waals surface area (Å²) in [4.78, 5) is 0. The Morgan fingerprint density at radius 2 is 2.10 bits per heavy atom. The summed E-state index contributed by atoms with van der Waals surface area (Å²) < 4.78 is 17.1. The van der Waals surface area contributed by atoms with Crippen LogP contribution in [-0.2, 0) is 22.6 Å². The Morgan fingerprint density at radius 1 is 1.25 bits per heavy atom. The smallest absolute Gasteiger partial charge is 0.123 e. The lowest BCUT2D eigenvalue weighted by molar-refractivity contribution is -0.0366. The Balaban J connectivity index is 1.46. The van der Waals surface area contributed by atoms with Crippen LogP contribution in [0.5, 0.6) is 0 Å². The molecular weight excluding hydrogens is 254 g/mol. The van der Waals surface area contributed by atoms with Crippen molar-refractivity contribution in [3.05, 3.63) is 23.7 Å². The molecule has 2 aliphatic carbocycles. The third-order valence-corrected chi connectivity index (χ3v) is 4.35. The van der Waals surface area contributed by atoms with E-state index in [1.54, 1.807) is 13.4 Å². The van der Waals surface area contributed by atoms with E-state index in [9.17, 15) is 0 Å². The molecule has 2 atom stereocenters. The lowest BCUT2D eigenvalue weighted by Gasteiger charge is -2.28. The maximum absolute atomic E-state index is 6.05. The quantitative estimate of drug-likeness (QED) is 0.833. The van der Waals surface area contributed by atoms with Crippen LogP contribution >= 0.6 is 0 Å². The second-order valence-corrected chi connectivity index (χ2v) is 5.98. The predicted molar refractivity (Wildman–Crippen MR) is 76.4 cm³/mol. The summed E-state index contributed by atoms with van der Waals surface area (Å²) in [5.41, 5.74) is 1.18. The monoisotopic (exact) mass is 279 g/mol. The van der Waals surface area contributed by atoms with E-state index in [2.05, 4.69) is 5.32 Å². The molecule has 20 heavy (non-hydrogen) atoms. The highest BCUT2D eigenvalue weighted by atomic mass is 16.5. The van der Waals surface area contributed by atoms with Crippen LogP contribution < -0.4 is 5.32 Å². The summed E-state index contributed by atoms with van der Waals surface area (Å²) in [6.45, 7) is 1.47. The van der Waals surface area contributed by atoms with Gasteiger partial charge < -0.3 is 19.2 Å². The molecule has 2 saturated carbocycles. The van der Waals surface area contributed by atoms with E-state index in [-0.39, 0.29) is 0 Å². The molecule has 0 saturated heterocycles. The zero-order valence-corrected chi connectivity index (χ0v) is 12.3. The van der Waals surface area contributed by atoms with Crippen LogP contribution in [0.3, 0.4) is 0 Å². The van der Waals surface area contributed by atoms with Crippen LogP contribution in [-0.4, -0.2) is 25.4 Å². The van der Waals surface area contributed by atoms with Crippen LogP contribution in [0, 0.1) is 0 Å². The van der Waals surface area contributed by atoms with Gasteiger partial charge in [0.25, 0.3) is 0 Å². The fourth-order valence-corrected chi connectivity index (χ4v) is 2.85. The molecule has 0 aliphatic heterocycles. The highest BCUT2D eigenvalue weighted by Crippen LogP contribution is 2.25. The Kier molecular flexibility index (Phi) is 4.76. The van der Waals surface area contributed by atoms with Crippen molar-refractivity contribution in [2.45, 2.75) is 69.9 Å². The van der Waals surface area contributed by atoms with Gasteiger partial charge in [-0.25, -0.2) is 0 Å². The molecule has 0 spiro atoms. The molecule has 2 fully saturated rings. The standard InChI is InChI=1S/C16H25NO3/c1-18-14-3-2-4-15(9-14)20-11-12-7-8-19-16(12)10-17-13-5-6-13/h7-8,13-15,17H,2-6,9-11H2,1H3. The third kappa shape index (κ3) is 3.84. The number of ether oxygens (including phenoxy) is 2. The van der Waals surface area contributed by atoms with Gasteiger partial charge in [-0.15, -0.1) is 0 Å². The molecule has 2 aliphatic rings. The zero-order valence-electron chi connectivity index (χ0n) is 12.3. The van der Waals surface area contributed by atoms with Crippen LogP contribution in [0.4, 0.5) is 0 Å². The molecule has 4 nitrogen and oxygen atoms in total. The number of methoxy groups -OCH3 is 1. The van der Waals surface area contributed by atoms with E-state index >= 15 is 0 Å². The van der Waals surface area contributed by atoms with Crippen molar-refractivity contribution in [1.82, 2.24) is 5.32 Å². The first-order valence-electron chi connectivity index (χ1n) is 7.78. The summed E-state index contributed by atoms with van der Waals surface area (Å²) in [5.74, 6) is 1.02. The Morgan fingerprint density at radius 3 is 2.90 bits per heavy atom. The molecule has 0 bridgehead atoms. The maximum Gasteiger partial charge on any atom is 0.123 e. The van der Waals surface area contributed by atoms with E-state index < -0.39 is 0 Å². The average Bonchev–Trinajstić information content (AvgIpc) is 3.21. The largest absolute Gasteiger partial charge is 0.468 e. The molecule has 1 aromatic heterocycles. The van der Waals surface area contributed by atoms with Crippen molar-refractivity contribution < 1.29 is 13.9 Å². The molecule has 1 aromatic rings. The maximum atomic E-state index is 6.05. The molecule has 1 heterocycles. The predicted octanol–water partition coefficient (Wildman–Crippen LogP) is 3.01. The number of rotatable bonds is 7. The van der Waals surface area contributed by atoms with Gasteiger partial charge in [-0.05, 0) is 44.6 Å². The SMILES string of the molecule is COC1CCCC(OCc2ccoc2CNC2CC2)C1. The van der Waals surface area contributed by atoms with Gasteiger partial charge in [0.2, 0.25) is 0 Å². The van der Waals surface area contributed by atoms with Gasteiger partial charge in [-0.3, -0.25) is 0 Å². The van der Waals surface area contributed by atoms with Crippen molar-refractivity contribution >= 4 is 0 Å². The van der Waals surface area contributed by atoms with Gasteiger partial charge in [-0.1, -0.05) is 0 Å². The molecule has 3 rings (SSSR count). The molecule has 0 amide bonds. The fraction of sp³-hybridized carbons (Fsp3) is 0.750. The summed E-state index contributed by atoms with van der Waals surface area (Å²) >= 11 is 0. The van der Waals surface area contributed by atoms with Crippen LogP contribution in [0.1, 0.15) is 49.8 Å². The highest BCUT2D eigenvalue weighted by Gasteiger charge is 2.23. The summed E-state index contributed by atoms with van der Waals surface area (Å²) in [6.07, 6.45) is 9.59. The first kappa shape index (κ1) is 14.1. The van der Waals surface area contributed by atoms with Crippen molar-refractivity contribution in [3.8, 4) is 0 Å². The lowest BCUT2D eigenvalue weighted by atomic mass is 9.95. The summed E-state index contributed by atoms with van der Waals surface area (Å²) in [5, 5.41) is 3.48. The highest BCUT2D eigenvalue weighted by molar-refractivity contribution is 5.16. The van der Waals surface area contributed by atoms with Gasteiger partial charge in [0.15, 0.2) is 0 Å². The van der Waals surface area contributed by atoms with Crippen LogP contribution in [0.15, 0.2) is 16.7 Å². The van der Waals surface area contributed by atoms with Crippen LogP contribution in [0.2, 0.25) is 0 Å². The number of hydrogen-bond donors (Lipinski definition) is 1. The van der Waals surface area contributed by atoms with Crippen molar-refractivity contribution in [3.63, 3.8) is 0 Å². The Hall–Kier alpha value is -0.840. The molecule has 4 heteroatoms. The van der Waals surface area contributed by atoms with E-state index in [4.69, 9.17) is 13.9 Å². The van der Waals surface area contributed by atoms with E-state index in [1.165, 1.54) is 31.2 Å². The van der Waals surface area contributed by atoms with Gasteiger partial charge in [0, 0.05) is 18.7 Å². The summed E-state index contributed by atoms with van der Waals surface area (Å²) in [7, 11) is 1.80. The van der Waals surface area contributed by atoms with Gasteiger partial charge in [-0.2, -0.15) is 0 Å². The van der Waals surface area contributed by atoms with Crippen molar-refractivity contribution in [1.29, 1.82) is 0 Å². The van der Waals surface area contributed by atoms with E-state index in [0.29, 0.717) is 24.9 Å². The normalized spacial score (nSPS) is 26.9. The zero-order chi connectivity index (χ0) is 13.8. The first-order valence-corrected chi connectivity index (χ1v) is 7.78. The van der Waals surface area contributed by atoms with Gasteiger partial charge >= 0.3 is 0 Å². The third-order valence-electron chi connectivity index (χ3n) is 4.35.